The zero-order chi connectivity index (χ0) is 10.4. The van der Waals surface area contributed by atoms with Crippen LogP contribution in [0.3, 0.4) is 0 Å². The van der Waals surface area contributed by atoms with Gasteiger partial charge in [-0.3, -0.25) is 4.79 Å². The molecule has 0 saturated heterocycles. The number of amides is 1. The lowest BCUT2D eigenvalue weighted by Gasteiger charge is -2.03. The summed E-state index contributed by atoms with van der Waals surface area (Å²) in [6, 6.07) is 7.84. The maximum absolute atomic E-state index is 10.7. The van der Waals surface area contributed by atoms with E-state index in [0.29, 0.717) is 5.88 Å². The maximum Gasteiger partial charge on any atom is 0.221 e. The minimum Gasteiger partial charge on any atom is -0.326 e. The van der Waals surface area contributed by atoms with Gasteiger partial charge in [-0.1, -0.05) is 12.1 Å². The van der Waals surface area contributed by atoms with Crippen LogP contribution in [0.4, 0.5) is 5.69 Å². The summed E-state index contributed by atoms with van der Waals surface area (Å²) in [6.45, 7) is 1.50. The molecule has 3 heteroatoms. The summed E-state index contributed by atoms with van der Waals surface area (Å²) >= 11 is 5.59. The monoisotopic (exact) mass is 211 g/mol. The van der Waals surface area contributed by atoms with E-state index < -0.39 is 0 Å². The lowest BCUT2D eigenvalue weighted by molar-refractivity contribution is -0.114. The van der Waals surface area contributed by atoms with E-state index in [2.05, 4.69) is 5.32 Å². The lowest BCUT2D eigenvalue weighted by atomic mass is 10.1. The van der Waals surface area contributed by atoms with E-state index in [1.807, 2.05) is 24.3 Å². The molecule has 0 fully saturated rings. The number of aryl methyl sites for hydroxylation is 1. The van der Waals surface area contributed by atoms with E-state index >= 15 is 0 Å². The van der Waals surface area contributed by atoms with E-state index in [1.54, 1.807) is 0 Å². The molecule has 0 aliphatic rings. The largest absolute Gasteiger partial charge is 0.326 e. The average molecular weight is 212 g/mol. The molecule has 0 heterocycles. The van der Waals surface area contributed by atoms with E-state index in [9.17, 15) is 4.79 Å². The standard InChI is InChI=1S/C11H14ClNO/c1-9(14)13-11-6-4-10(5-7-11)3-2-8-12/h4-7H,2-3,8H2,1H3,(H,13,14). The van der Waals surface area contributed by atoms with Gasteiger partial charge in [-0.15, -0.1) is 11.6 Å². The topological polar surface area (TPSA) is 29.1 Å². The first-order valence-corrected chi connectivity index (χ1v) is 5.18. The van der Waals surface area contributed by atoms with Gasteiger partial charge >= 0.3 is 0 Å². The number of benzene rings is 1. The SMILES string of the molecule is CC(=O)Nc1ccc(CCCCl)cc1. The molecular weight excluding hydrogens is 198 g/mol. The molecule has 1 N–H and O–H groups in total. The van der Waals surface area contributed by atoms with Gasteiger partial charge in [0.1, 0.15) is 0 Å². The van der Waals surface area contributed by atoms with Gasteiger partial charge in [0.15, 0.2) is 0 Å². The number of anilines is 1. The number of alkyl halides is 1. The molecule has 0 spiro atoms. The highest BCUT2D eigenvalue weighted by Gasteiger charge is 1.96. The van der Waals surface area contributed by atoms with E-state index in [4.69, 9.17) is 11.6 Å². The van der Waals surface area contributed by atoms with Crippen molar-refractivity contribution in [2.45, 2.75) is 19.8 Å². The Hall–Kier alpha value is -1.02. The quantitative estimate of drug-likeness (QED) is 0.763. The summed E-state index contributed by atoms with van der Waals surface area (Å²) in [6.07, 6.45) is 1.98. The van der Waals surface area contributed by atoms with Crippen molar-refractivity contribution >= 4 is 23.2 Å². The van der Waals surface area contributed by atoms with Crippen LogP contribution < -0.4 is 5.32 Å². The van der Waals surface area contributed by atoms with Crippen LogP contribution in [0, 0.1) is 0 Å². The Morgan fingerprint density at radius 1 is 1.36 bits per heavy atom. The Labute approximate surface area is 89.3 Å². The lowest BCUT2D eigenvalue weighted by Crippen LogP contribution is -2.05. The number of rotatable bonds is 4. The molecule has 0 saturated carbocycles. The second-order valence-electron chi connectivity index (χ2n) is 3.17. The first-order chi connectivity index (χ1) is 6.72. The molecule has 0 aliphatic heterocycles. The predicted octanol–water partition coefficient (Wildman–Crippen LogP) is 2.82. The fraction of sp³-hybridized carbons (Fsp3) is 0.364. The Morgan fingerprint density at radius 2 is 2.00 bits per heavy atom. The molecule has 0 atom stereocenters. The second-order valence-corrected chi connectivity index (χ2v) is 3.55. The van der Waals surface area contributed by atoms with Gasteiger partial charge in [0.2, 0.25) is 5.91 Å². The van der Waals surface area contributed by atoms with E-state index in [-0.39, 0.29) is 5.91 Å². The minimum absolute atomic E-state index is 0.0430. The van der Waals surface area contributed by atoms with Crippen molar-refractivity contribution in [3.8, 4) is 0 Å². The van der Waals surface area contributed by atoms with Crippen LogP contribution in [0.5, 0.6) is 0 Å². The van der Waals surface area contributed by atoms with E-state index in [1.165, 1.54) is 12.5 Å². The van der Waals surface area contributed by atoms with Crippen LogP contribution in [0.2, 0.25) is 0 Å². The van der Waals surface area contributed by atoms with Crippen LogP contribution in [0.1, 0.15) is 18.9 Å². The minimum atomic E-state index is -0.0430. The Balaban J connectivity index is 2.54. The van der Waals surface area contributed by atoms with Crippen molar-refractivity contribution in [2.75, 3.05) is 11.2 Å². The first-order valence-electron chi connectivity index (χ1n) is 4.65. The van der Waals surface area contributed by atoms with Crippen molar-refractivity contribution in [3.05, 3.63) is 29.8 Å². The number of nitrogens with one attached hydrogen (secondary N) is 1. The highest BCUT2D eigenvalue weighted by molar-refractivity contribution is 6.17. The predicted molar refractivity (Wildman–Crippen MR) is 59.8 cm³/mol. The summed E-state index contributed by atoms with van der Waals surface area (Å²) in [4.78, 5) is 10.7. The fourth-order valence-electron chi connectivity index (χ4n) is 1.23. The summed E-state index contributed by atoms with van der Waals surface area (Å²) < 4.78 is 0. The summed E-state index contributed by atoms with van der Waals surface area (Å²) in [5, 5.41) is 2.72. The van der Waals surface area contributed by atoms with Crippen molar-refractivity contribution in [1.29, 1.82) is 0 Å². The number of carbonyl (C=O) groups excluding carboxylic acids is 1. The summed E-state index contributed by atoms with van der Waals surface area (Å²) in [7, 11) is 0. The molecular formula is C11H14ClNO. The van der Waals surface area contributed by atoms with Crippen molar-refractivity contribution in [1.82, 2.24) is 0 Å². The smallest absolute Gasteiger partial charge is 0.221 e. The van der Waals surface area contributed by atoms with Gasteiger partial charge in [-0.25, -0.2) is 0 Å². The number of hydrogen-bond acceptors (Lipinski definition) is 1. The van der Waals surface area contributed by atoms with Crippen molar-refractivity contribution < 1.29 is 4.79 Å². The second kappa shape index (κ2) is 5.66. The van der Waals surface area contributed by atoms with Gasteiger partial charge in [0, 0.05) is 18.5 Å². The van der Waals surface area contributed by atoms with Crippen LogP contribution in [-0.4, -0.2) is 11.8 Å². The summed E-state index contributed by atoms with van der Waals surface area (Å²) in [5.41, 5.74) is 2.09. The maximum atomic E-state index is 10.7. The van der Waals surface area contributed by atoms with Crippen LogP contribution in [0.15, 0.2) is 24.3 Å². The number of halogens is 1. The molecule has 1 aromatic rings. The van der Waals surface area contributed by atoms with Crippen LogP contribution >= 0.6 is 11.6 Å². The van der Waals surface area contributed by atoms with Crippen LogP contribution in [0.25, 0.3) is 0 Å². The number of hydrogen-bond donors (Lipinski definition) is 1. The third kappa shape index (κ3) is 3.79. The molecule has 0 bridgehead atoms. The van der Waals surface area contributed by atoms with E-state index in [0.717, 1.165) is 18.5 Å². The van der Waals surface area contributed by atoms with Gasteiger partial charge in [0.05, 0.1) is 0 Å². The number of carbonyl (C=O) groups is 1. The third-order valence-electron chi connectivity index (χ3n) is 1.87. The Morgan fingerprint density at radius 3 is 2.50 bits per heavy atom. The molecule has 76 valence electrons. The average Bonchev–Trinajstić information content (AvgIpc) is 2.16. The highest BCUT2D eigenvalue weighted by atomic mass is 35.5. The van der Waals surface area contributed by atoms with Crippen molar-refractivity contribution in [2.24, 2.45) is 0 Å². The fourth-order valence-corrected chi connectivity index (χ4v) is 1.36. The Bertz CT molecular complexity index is 295. The normalized spacial score (nSPS) is 9.86. The summed E-state index contributed by atoms with van der Waals surface area (Å²) in [5.74, 6) is 0.645. The van der Waals surface area contributed by atoms with Gasteiger partial charge in [-0.05, 0) is 30.5 Å². The molecule has 1 aromatic carbocycles. The molecule has 1 rings (SSSR count). The van der Waals surface area contributed by atoms with Crippen LogP contribution in [-0.2, 0) is 11.2 Å². The van der Waals surface area contributed by atoms with Crippen molar-refractivity contribution in [3.63, 3.8) is 0 Å². The zero-order valence-electron chi connectivity index (χ0n) is 8.22. The molecule has 0 unspecified atom stereocenters. The Kier molecular flexibility index (Phi) is 4.47. The molecule has 1 amide bonds. The third-order valence-corrected chi connectivity index (χ3v) is 2.14. The van der Waals surface area contributed by atoms with Gasteiger partial charge in [0.25, 0.3) is 0 Å². The molecule has 14 heavy (non-hydrogen) atoms. The zero-order valence-corrected chi connectivity index (χ0v) is 8.97. The molecule has 0 radical (unpaired) electrons. The highest BCUT2D eigenvalue weighted by Crippen LogP contribution is 2.11. The first kappa shape index (κ1) is 11.1. The van der Waals surface area contributed by atoms with Gasteiger partial charge in [-0.2, -0.15) is 0 Å². The molecule has 0 aliphatic carbocycles. The molecule has 0 aromatic heterocycles. The van der Waals surface area contributed by atoms with Gasteiger partial charge < -0.3 is 5.32 Å². The molecule has 2 nitrogen and oxygen atoms in total.